The molecule has 3 rings (SSSR count). The number of nitrogens with one attached hydrogen (secondary N) is 2. The average Bonchev–Trinajstić information content (AvgIpc) is 2.90. The number of fused-ring (bicyclic) bond motifs is 1. The monoisotopic (exact) mass is 272 g/mol. The molecule has 0 saturated carbocycles. The minimum absolute atomic E-state index is 0.0836. The van der Waals surface area contributed by atoms with Gasteiger partial charge in [-0.2, -0.15) is 0 Å². The Morgan fingerprint density at radius 2 is 2.30 bits per heavy atom. The summed E-state index contributed by atoms with van der Waals surface area (Å²) < 4.78 is 5.42. The van der Waals surface area contributed by atoms with E-state index >= 15 is 0 Å². The predicted octanol–water partition coefficient (Wildman–Crippen LogP) is 2.25. The second-order valence-corrected chi connectivity index (χ2v) is 5.42. The maximum Gasteiger partial charge on any atom is 0.224 e. The van der Waals surface area contributed by atoms with E-state index in [0.29, 0.717) is 12.3 Å². The third-order valence-corrected chi connectivity index (χ3v) is 3.87. The lowest BCUT2D eigenvalue weighted by Crippen LogP contribution is -2.34. The van der Waals surface area contributed by atoms with Crippen molar-refractivity contribution in [2.45, 2.75) is 19.3 Å². The van der Waals surface area contributed by atoms with E-state index in [4.69, 9.17) is 4.74 Å². The molecule has 1 unspecified atom stereocenters. The topological polar surface area (TPSA) is 54.1 Å². The van der Waals surface area contributed by atoms with Gasteiger partial charge in [0, 0.05) is 30.3 Å². The molecule has 1 aromatic heterocycles. The van der Waals surface area contributed by atoms with Crippen molar-refractivity contribution in [2.75, 3.05) is 19.8 Å². The fourth-order valence-corrected chi connectivity index (χ4v) is 2.74. The summed E-state index contributed by atoms with van der Waals surface area (Å²) in [7, 11) is 0. The highest BCUT2D eigenvalue weighted by molar-refractivity contribution is 5.88. The molecule has 1 fully saturated rings. The Balaban J connectivity index is 1.55. The van der Waals surface area contributed by atoms with Crippen LogP contribution in [0.15, 0.2) is 30.5 Å². The van der Waals surface area contributed by atoms with Crippen LogP contribution in [-0.4, -0.2) is 30.6 Å². The average molecular weight is 272 g/mol. The summed E-state index contributed by atoms with van der Waals surface area (Å²) >= 11 is 0. The number of para-hydroxylation sites is 1. The van der Waals surface area contributed by atoms with Crippen LogP contribution >= 0.6 is 0 Å². The third kappa shape index (κ3) is 3.02. The van der Waals surface area contributed by atoms with Crippen molar-refractivity contribution in [1.82, 2.24) is 10.3 Å². The molecule has 1 aromatic carbocycles. The first kappa shape index (κ1) is 13.2. The number of carbonyl (C=O) groups excluding carboxylic acids is 1. The Morgan fingerprint density at radius 3 is 3.15 bits per heavy atom. The smallest absolute Gasteiger partial charge is 0.224 e. The number of aromatic amines is 1. The molecule has 0 bridgehead atoms. The molecule has 20 heavy (non-hydrogen) atoms. The van der Waals surface area contributed by atoms with E-state index in [9.17, 15) is 4.79 Å². The van der Waals surface area contributed by atoms with Crippen LogP contribution in [0.5, 0.6) is 0 Å². The molecular weight excluding hydrogens is 252 g/mol. The maximum atomic E-state index is 12.0. The van der Waals surface area contributed by atoms with E-state index in [1.54, 1.807) is 0 Å². The molecule has 2 aromatic rings. The molecule has 4 heteroatoms. The van der Waals surface area contributed by atoms with Crippen molar-refractivity contribution >= 4 is 16.8 Å². The first-order valence-electron chi connectivity index (χ1n) is 7.22. The third-order valence-electron chi connectivity index (χ3n) is 3.87. The van der Waals surface area contributed by atoms with Gasteiger partial charge < -0.3 is 15.0 Å². The Hall–Kier alpha value is -1.81. The van der Waals surface area contributed by atoms with Gasteiger partial charge in [0.15, 0.2) is 0 Å². The number of hydrogen-bond acceptors (Lipinski definition) is 2. The molecule has 1 atom stereocenters. The largest absolute Gasteiger partial charge is 0.381 e. The van der Waals surface area contributed by atoms with E-state index in [1.807, 2.05) is 30.5 Å². The zero-order valence-electron chi connectivity index (χ0n) is 11.5. The van der Waals surface area contributed by atoms with Gasteiger partial charge in [-0.3, -0.25) is 4.79 Å². The molecule has 2 N–H and O–H groups in total. The number of amides is 1. The molecule has 4 nitrogen and oxygen atoms in total. The lowest BCUT2D eigenvalue weighted by atomic mass is 10.0. The summed E-state index contributed by atoms with van der Waals surface area (Å²) in [4.78, 5) is 15.2. The van der Waals surface area contributed by atoms with Crippen LogP contribution in [0.25, 0.3) is 10.9 Å². The standard InChI is InChI=1S/C16H20N2O2/c19-16(18-9-12-4-3-7-20-11-12)8-13-10-17-15-6-2-1-5-14(13)15/h1-2,5-6,10,12,17H,3-4,7-9,11H2,(H,18,19). The Bertz CT molecular complexity index is 585. The molecule has 0 spiro atoms. The molecule has 1 aliphatic rings. The van der Waals surface area contributed by atoms with Crippen LogP contribution in [0.2, 0.25) is 0 Å². The molecule has 1 aliphatic heterocycles. The molecule has 0 radical (unpaired) electrons. The molecule has 1 amide bonds. The van der Waals surface area contributed by atoms with Gasteiger partial charge in [0.25, 0.3) is 0 Å². The van der Waals surface area contributed by atoms with Gasteiger partial charge in [-0.05, 0) is 30.4 Å². The minimum atomic E-state index is 0.0836. The summed E-state index contributed by atoms with van der Waals surface area (Å²) in [6.45, 7) is 2.36. The van der Waals surface area contributed by atoms with E-state index in [1.165, 1.54) is 0 Å². The quantitative estimate of drug-likeness (QED) is 0.897. The highest BCUT2D eigenvalue weighted by Crippen LogP contribution is 2.18. The van der Waals surface area contributed by atoms with Gasteiger partial charge in [0.1, 0.15) is 0 Å². The van der Waals surface area contributed by atoms with Crippen molar-refractivity contribution in [3.63, 3.8) is 0 Å². The van der Waals surface area contributed by atoms with Crippen molar-refractivity contribution in [3.05, 3.63) is 36.0 Å². The van der Waals surface area contributed by atoms with E-state index < -0.39 is 0 Å². The summed E-state index contributed by atoms with van der Waals surface area (Å²) in [6, 6.07) is 8.06. The number of rotatable bonds is 4. The van der Waals surface area contributed by atoms with Gasteiger partial charge in [-0.15, -0.1) is 0 Å². The number of hydrogen-bond donors (Lipinski definition) is 2. The summed E-state index contributed by atoms with van der Waals surface area (Å²) in [5.74, 6) is 0.552. The number of ether oxygens (including phenoxy) is 1. The predicted molar refractivity (Wildman–Crippen MR) is 78.6 cm³/mol. The van der Waals surface area contributed by atoms with Crippen LogP contribution < -0.4 is 5.32 Å². The maximum absolute atomic E-state index is 12.0. The molecule has 2 heterocycles. The minimum Gasteiger partial charge on any atom is -0.381 e. The van der Waals surface area contributed by atoms with Crippen molar-refractivity contribution < 1.29 is 9.53 Å². The van der Waals surface area contributed by atoms with E-state index in [2.05, 4.69) is 10.3 Å². The van der Waals surface area contributed by atoms with Gasteiger partial charge in [-0.1, -0.05) is 18.2 Å². The van der Waals surface area contributed by atoms with E-state index in [-0.39, 0.29) is 5.91 Å². The highest BCUT2D eigenvalue weighted by Gasteiger charge is 2.15. The van der Waals surface area contributed by atoms with Crippen LogP contribution in [0.3, 0.4) is 0 Å². The molecule has 0 aliphatic carbocycles. The van der Waals surface area contributed by atoms with Gasteiger partial charge in [-0.25, -0.2) is 0 Å². The first-order valence-corrected chi connectivity index (χ1v) is 7.22. The Kier molecular flexibility index (Phi) is 4.02. The lowest BCUT2D eigenvalue weighted by molar-refractivity contribution is -0.120. The summed E-state index contributed by atoms with van der Waals surface area (Å²) in [5.41, 5.74) is 2.13. The molecular formula is C16H20N2O2. The zero-order chi connectivity index (χ0) is 13.8. The summed E-state index contributed by atoms with van der Waals surface area (Å²) in [5, 5.41) is 4.15. The van der Waals surface area contributed by atoms with Crippen molar-refractivity contribution in [2.24, 2.45) is 5.92 Å². The van der Waals surface area contributed by atoms with Crippen LogP contribution in [0.4, 0.5) is 0 Å². The lowest BCUT2D eigenvalue weighted by Gasteiger charge is -2.22. The second kappa shape index (κ2) is 6.09. The Morgan fingerprint density at radius 1 is 1.40 bits per heavy atom. The number of benzene rings is 1. The highest BCUT2D eigenvalue weighted by atomic mass is 16.5. The van der Waals surface area contributed by atoms with E-state index in [0.717, 1.165) is 49.1 Å². The van der Waals surface area contributed by atoms with Crippen LogP contribution in [-0.2, 0) is 16.0 Å². The van der Waals surface area contributed by atoms with Gasteiger partial charge in [0.2, 0.25) is 5.91 Å². The number of carbonyl (C=O) groups is 1. The normalized spacial score (nSPS) is 19.1. The molecule has 1 saturated heterocycles. The Labute approximate surface area is 118 Å². The van der Waals surface area contributed by atoms with Crippen LogP contribution in [0, 0.1) is 5.92 Å². The fourth-order valence-electron chi connectivity index (χ4n) is 2.74. The van der Waals surface area contributed by atoms with Crippen molar-refractivity contribution in [1.29, 1.82) is 0 Å². The summed E-state index contributed by atoms with van der Waals surface area (Å²) in [6.07, 6.45) is 4.60. The van der Waals surface area contributed by atoms with Crippen LogP contribution in [0.1, 0.15) is 18.4 Å². The first-order chi connectivity index (χ1) is 9.83. The fraction of sp³-hybridized carbons (Fsp3) is 0.438. The number of aromatic nitrogens is 1. The number of H-pyrrole nitrogens is 1. The SMILES string of the molecule is O=C(Cc1c[nH]c2ccccc12)NCC1CCCOC1. The zero-order valence-corrected chi connectivity index (χ0v) is 11.5. The van der Waals surface area contributed by atoms with Crippen molar-refractivity contribution in [3.8, 4) is 0 Å². The van der Waals surface area contributed by atoms with Gasteiger partial charge in [0.05, 0.1) is 13.0 Å². The van der Waals surface area contributed by atoms with Gasteiger partial charge >= 0.3 is 0 Å². The molecule has 106 valence electrons. The second-order valence-electron chi connectivity index (χ2n) is 5.42.